The smallest absolute Gasteiger partial charge is 0.225 e. The van der Waals surface area contributed by atoms with E-state index in [2.05, 4.69) is 10.00 Å². The van der Waals surface area contributed by atoms with E-state index in [1.165, 1.54) is 0 Å². The molecule has 1 saturated heterocycles. The summed E-state index contributed by atoms with van der Waals surface area (Å²) in [6, 6.07) is 7.48. The first kappa shape index (κ1) is 22.1. The Kier molecular flexibility index (Phi) is 7.57. The average Bonchev–Trinajstić information content (AvgIpc) is 3.07. The lowest BCUT2D eigenvalue weighted by atomic mass is 10.1. The Labute approximate surface area is 182 Å². The highest BCUT2D eigenvalue weighted by Crippen LogP contribution is 2.25. The number of aromatic nitrogens is 2. The van der Waals surface area contributed by atoms with Crippen LogP contribution in [-0.2, 0) is 16.1 Å². The standard InChI is InChI=1S/C21H28Cl2N4O2/c1-15(2)21(28)26-8-6-25(7-9-26)10-11-29-14-17-12-16(3)27(24-17)18-4-5-19(22)20(23)13-18/h4-5,12-13,15H,6-11,14H2,1-3H3. The molecule has 0 atom stereocenters. The molecule has 1 aliphatic rings. The molecule has 2 aromatic rings. The van der Waals surface area contributed by atoms with Gasteiger partial charge in [-0.1, -0.05) is 37.0 Å². The third-order valence-electron chi connectivity index (χ3n) is 5.07. The van der Waals surface area contributed by atoms with Crippen LogP contribution in [0, 0.1) is 12.8 Å². The number of benzene rings is 1. The molecular weight excluding hydrogens is 411 g/mol. The second-order valence-electron chi connectivity index (χ2n) is 7.66. The molecule has 0 bridgehead atoms. The number of piperazine rings is 1. The van der Waals surface area contributed by atoms with Crippen molar-refractivity contribution in [1.82, 2.24) is 19.6 Å². The molecule has 29 heavy (non-hydrogen) atoms. The van der Waals surface area contributed by atoms with Gasteiger partial charge in [-0.2, -0.15) is 5.10 Å². The molecule has 158 valence electrons. The predicted octanol–water partition coefficient (Wildman–Crippen LogP) is 3.80. The van der Waals surface area contributed by atoms with E-state index in [1.807, 2.05) is 42.5 Å². The minimum absolute atomic E-state index is 0.0667. The van der Waals surface area contributed by atoms with E-state index in [0.717, 1.165) is 49.8 Å². The third-order valence-corrected chi connectivity index (χ3v) is 5.80. The number of carbonyl (C=O) groups is 1. The summed E-state index contributed by atoms with van der Waals surface area (Å²) < 4.78 is 7.68. The molecule has 1 aliphatic heterocycles. The van der Waals surface area contributed by atoms with Gasteiger partial charge in [-0.25, -0.2) is 4.68 Å². The Balaban J connectivity index is 1.44. The van der Waals surface area contributed by atoms with E-state index >= 15 is 0 Å². The lowest BCUT2D eigenvalue weighted by molar-refractivity contribution is -0.136. The first-order valence-corrected chi connectivity index (χ1v) is 10.7. The molecule has 1 aromatic heterocycles. The Bertz CT molecular complexity index is 845. The zero-order valence-electron chi connectivity index (χ0n) is 17.2. The number of hydrogen-bond donors (Lipinski definition) is 0. The highest BCUT2D eigenvalue weighted by Gasteiger charge is 2.22. The van der Waals surface area contributed by atoms with Crippen LogP contribution in [0.2, 0.25) is 10.0 Å². The maximum Gasteiger partial charge on any atom is 0.225 e. The van der Waals surface area contributed by atoms with Crippen LogP contribution < -0.4 is 0 Å². The number of amides is 1. The molecule has 8 heteroatoms. The largest absolute Gasteiger partial charge is 0.374 e. The molecule has 3 rings (SSSR count). The van der Waals surface area contributed by atoms with E-state index in [9.17, 15) is 4.79 Å². The first-order chi connectivity index (χ1) is 13.8. The number of halogens is 2. The minimum Gasteiger partial charge on any atom is -0.374 e. The Morgan fingerprint density at radius 3 is 2.52 bits per heavy atom. The van der Waals surface area contributed by atoms with Crippen LogP contribution in [0.4, 0.5) is 0 Å². The van der Waals surface area contributed by atoms with Crippen LogP contribution >= 0.6 is 23.2 Å². The molecule has 2 heterocycles. The summed E-state index contributed by atoms with van der Waals surface area (Å²) in [7, 11) is 0. The minimum atomic E-state index is 0.0667. The number of nitrogens with zero attached hydrogens (tertiary/aromatic N) is 4. The molecule has 0 spiro atoms. The van der Waals surface area contributed by atoms with Crippen LogP contribution in [0.25, 0.3) is 5.69 Å². The van der Waals surface area contributed by atoms with Gasteiger partial charge in [-0.05, 0) is 31.2 Å². The van der Waals surface area contributed by atoms with E-state index in [0.29, 0.717) is 23.3 Å². The summed E-state index contributed by atoms with van der Waals surface area (Å²) in [5.41, 5.74) is 2.76. The van der Waals surface area contributed by atoms with Crippen molar-refractivity contribution in [3.05, 3.63) is 45.7 Å². The van der Waals surface area contributed by atoms with Gasteiger partial charge in [-0.3, -0.25) is 9.69 Å². The van der Waals surface area contributed by atoms with Crippen molar-refractivity contribution in [1.29, 1.82) is 0 Å². The Hall–Kier alpha value is -1.60. The van der Waals surface area contributed by atoms with Crippen molar-refractivity contribution in [2.24, 2.45) is 5.92 Å². The van der Waals surface area contributed by atoms with Gasteiger partial charge in [0.2, 0.25) is 5.91 Å². The van der Waals surface area contributed by atoms with Crippen LogP contribution in [-0.4, -0.2) is 64.8 Å². The lowest BCUT2D eigenvalue weighted by Crippen LogP contribution is -2.50. The Morgan fingerprint density at radius 1 is 1.14 bits per heavy atom. The van der Waals surface area contributed by atoms with E-state index < -0.39 is 0 Å². The van der Waals surface area contributed by atoms with E-state index in [4.69, 9.17) is 27.9 Å². The Morgan fingerprint density at radius 2 is 1.86 bits per heavy atom. The third kappa shape index (κ3) is 5.72. The monoisotopic (exact) mass is 438 g/mol. The van der Waals surface area contributed by atoms with Gasteiger partial charge < -0.3 is 9.64 Å². The van der Waals surface area contributed by atoms with Gasteiger partial charge in [-0.15, -0.1) is 0 Å². The number of rotatable bonds is 7. The molecule has 1 aromatic carbocycles. The maximum atomic E-state index is 12.0. The van der Waals surface area contributed by atoms with Gasteiger partial charge in [0.15, 0.2) is 0 Å². The summed E-state index contributed by atoms with van der Waals surface area (Å²) >= 11 is 12.1. The molecular formula is C21H28Cl2N4O2. The van der Waals surface area contributed by atoms with Gasteiger partial charge in [0, 0.05) is 44.3 Å². The van der Waals surface area contributed by atoms with E-state index in [1.54, 1.807) is 12.1 Å². The fourth-order valence-corrected chi connectivity index (χ4v) is 3.71. The summed E-state index contributed by atoms with van der Waals surface area (Å²) in [5.74, 6) is 0.311. The molecule has 0 unspecified atom stereocenters. The summed E-state index contributed by atoms with van der Waals surface area (Å²) in [6.45, 7) is 11.2. The average molecular weight is 439 g/mol. The fourth-order valence-electron chi connectivity index (χ4n) is 3.41. The quantitative estimate of drug-likeness (QED) is 0.616. The number of hydrogen-bond acceptors (Lipinski definition) is 4. The van der Waals surface area contributed by atoms with Gasteiger partial charge in [0.05, 0.1) is 34.6 Å². The van der Waals surface area contributed by atoms with Crippen molar-refractivity contribution in [2.75, 3.05) is 39.3 Å². The molecule has 6 nitrogen and oxygen atoms in total. The molecule has 1 amide bonds. The highest BCUT2D eigenvalue weighted by atomic mass is 35.5. The zero-order valence-corrected chi connectivity index (χ0v) is 18.7. The second-order valence-corrected chi connectivity index (χ2v) is 8.48. The topological polar surface area (TPSA) is 50.6 Å². The molecule has 0 aliphatic carbocycles. The van der Waals surface area contributed by atoms with Gasteiger partial charge in [0.25, 0.3) is 0 Å². The SMILES string of the molecule is Cc1cc(COCCN2CCN(C(=O)C(C)C)CC2)nn1-c1ccc(Cl)c(Cl)c1. The molecule has 0 N–H and O–H groups in total. The van der Waals surface area contributed by atoms with Crippen molar-refractivity contribution in [3.8, 4) is 5.69 Å². The molecule has 0 saturated carbocycles. The van der Waals surface area contributed by atoms with Crippen molar-refractivity contribution >= 4 is 29.1 Å². The zero-order chi connectivity index (χ0) is 21.0. The van der Waals surface area contributed by atoms with Crippen molar-refractivity contribution in [3.63, 3.8) is 0 Å². The van der Waals surface area contributed by atoms with Crippen LogP contribution in [0.5, 0.6) is 0 Å². The summed E-state index contributed by atoms with van der Waals surface area (Å²) in [4.78, 5) is 16.3. The fraction of sp³-hybridized carbons (Fsp3) is 0.524. The normalized spacial score (nSPS) is 15.3. The first-order valence-electron chi connectivity index (χ1n) is 9.95. The highest BCUT2D eigenvalue weighted by molar-refractivity contribution is 6.42. The predicted molar refractivity (Wildman–Crippen MR) is 116 cm³/mol. The number of ether oxygens (including phenoxy) is 1. The van der Waals surface area contributed by atoms with Gasteiger partial charge in [0.1, 0.15) is 0 Å². The molecule has 1 fully saturated rings. The van der Waals surface area contributed by atoms with Crippen LogP contribution in [0.15, 0.2) is 24.3 Å². The van der Waals surface area contributed by atoms with Crippen LogP contribution in [0.3, 0.4) is 0 Å². The number of aryl methyl sites for hydroxylation is 1. The second kappa shape index (κ2) is 9.94. The number of carbonyl (C=O) groups excluding carboxylic acids is 1. The molecule has 0 radical (unpaired) electrons. The summed E-state index contributed by atoms with van der Waals surface area (Å²) in [5, 5.41) is 5.65. The van der Waals surface area contributed by atoms with E-state index in [-0.39, 0.29) is 11.8 Å². The van der Waals surface area contributed by atoms with Gasteiger partial charge >= 0.3 is 0 Å². The lowest BCUT2D eigenvalue weighted by Gasteiger charge is -2.35. The van der Waals surface area contributed by atoms with Crippen molar-refractivity contribution < 1.29 is 9.53 Å². The van der Waals surface area contributed by atoms with Crippen LogP contribution in [0.1, 0.15) is 25.2 Å². The summed E-state index contributed by atoms with van der Waals surface area (Å²) in [6.07, 6.45) is 0. The maximum absolute atomic E-state index is 12.0. The van der Waals surface area contributed by atoms with Crippen molar-refractivity contribution in [2.45, 2.75) is 27.4 Å².